The van der Waals surface area contributed by atoms with Crippen LogP contribution in [-0.4, -0.2) is 59.2 Å². The van der Waals surface area contributed by atoms with E-state index in [0.717, 1.165) is 44.4 Å². The van der Waals surface area contributed by atoms with Crippen LogP contribution in [0.4, 0.5) is 0 Å². The fourth-order valence-corrected chi connectivity index (χ4v) is 7.87. The van der Waals surface area contributed by atoms with Crippen LogP contribution >= 0.6 is 0 Å². The lowest BCUT2D eigenvalue weighted by Gasteiger charge is -2.46. The maximum atomic E-state index is 10.0. The summed E-state index contributed by atoms with van der Waals surface area (Å²) in [6, 6.07) is 0. The molecule has 0 radical (unpaired) electrons. The molecule has 4 heteroatoms. The molecule has 1 heterocycles. The molecular formula is C27H43NO3. The van der Waals surface area contributed by atoms with Crippen molar-refractivity contribution >= 4 is 0 Å². The molecule has 0 aromatic carbocycles. The van der Waals surface area contributed by atoms with E-state index in [1.54, 1.807) is 5.57 Å². The fraction of sp³-hybridized carbons (Fsp3) is 0.852. The number of rotatable bonds is 4. The molecule has 31 heavy (non-hydrogen) atoms. The van der Waals surface area contributed by atoms with Gasteiger partial charge in [-0.2, -0.15) is 0 Å². The number of allylic oxidation sites excluding steroid dienone is 3. The van der Waals surface area contributed by atoms with E-state index in [1.165, 1.54) is 57.1 Å². The van der Waals surface area contributed by atoms with Crippen molar-refractivity contribution < 1.29 is 14.9 Å². The molecule has 4 nitrogen and oxygen atoms in total. The number of hydrogen-bond acceptors (Lipinski definition) is 4. The Kier molecular flexibility index (Phi) is 6.13. The van der Waals surface area contributed by atoms with Crippen molar-refractivity contribution in [2.24, 2.45) is 23.2 Å². The van der Waals surface area contributed by atoms with E-state index in [2.05, 4.69) is 30.9 Å². The number of hydrogen-bond donors (Lipinski definition) is 2. The Morgan fingerprint density at radius 3 is 2.65 bits per heavy atom. The lowest BCUT2D eigenvalue weighted by Crippen LogP contribution is -2.50. The number of aliphatic hydroxyl groups is 2. The maximum absolute atomic E-state index is 10.0. The first-order valence-corrected chi connectivity index (χ1v) is 13.0. The SMILES string of the molecule is C[C@H](CN1CCOCC12CC2)[C@H]1CC[C@H]2/C(=C/C=C3C[C@@H](O)C[C@H](O)C3)CCC[C@]12C. The Labute approximate surface area is 188 Å². The molecule has 2 N–H and O–H groups in total. The molecular weight excluding hydrogens is 386 g/mol. The predicted octanol–water partition coefficient (Wildman–Crippen LogP) is 4.46. The quantitative estimate of drug-likeness (QED) is 0.693. The zero-order chi connectivity index (χ0) is 21.6. The highest BCUT2D eigenvalue weighted by molar-refractivity contribution is 5.26. The van der Waals surface area contributed by atoms with Crippen molar-refractivity contribution in [1.29, 1.82) is 0 Å². The van der Waals surface area contributed by atoms with Crippen LogP contribution in [0.15, 0.2) is 23.3 Å². The maximum Gasteiger partial charge on any atom is 0.0651 e. The highest BCUT2D eigenvalue weighted by Gasteiger charge is 2.53. The monoisotopic (exact) mass is 429 g/mol. The van der Waals surface area contributed by atoms with E-state index in [9.17, 15) is 10.2 Å². The zero-order valence-corrected chi connectivity index (χ0v) is 19.7. The van der Waals surface area contributed by atoms with Gasteiger partial charge in [-0.3, -0.25) is 4.90 Å². The van der Waals surface area contributed by atoms with E-state index in [4.69, 9.17) is 4.74 Å². The molecule has 4 saturated carbocycles. The summed E-state index contributed by atoms with van der Waals surface area (Å²) in [5.74, 6) is 2.27. The van der Waals surface area contributed by atoms with Crippen molar-refractivity contribution in [3.63, 3.8) is 0 Å². The normalized spacial score (nSPS) is 42.6. The third-order valence-electron chi connectivity index (χ3n) is 9.68. The molecule has 0 aromatic heterocycles. The van der Waals surface area contributed by atoms with Crippen LogP contribution < -0.4 is 0 Å². The molecule has 6 atom stereocenters. The van der Waals surface area contributed by atoms with Gasteiger partial charge in [0, 0.05) is 18.6 Å². The molecule has 1 aliphatic heterocycles. The van der Waals surface area contributed by atoms with Gasteiger partial charge in [-0.05, 0) is 87.4 Å². The van der Waals surface area contributed by atoms with Gasteiger partial charge >= 0.3 is 0 Å². The Morgan fingerprint density at radius 1 is 1.13 bits per heavy atom. The van der Waals surface area contributed by atoms with Crippen LogP contribution in [0, 0.1) is 23.2 Å². The Bertz CT molecular complexity index is 714. The zero-order valence-electron chi connectivity index (χ0n) is 19.7. The third kappa shape index (κ3) is 4.30. The number of aliphatic hydroxyl groups excluding tert-OH is 2. The number of ether oxygens (including phenoxy) is 1. The van der Waals surface area contributed by atoms with Gasteiger partial charge in [-0.25, -0.2) is 0 Å². The van der Waals surface area contributed by atoms with E-state index < -0.39 is 0 Å². The Morgan fingerprint density at radius 2 is 1.90 bits per heavy atom. The summed E-state index contributed by atoms with van der Waals surface area (Å²) in [5, 5.41) is 20.0. The van der Waals surface area contributed by atoms with Crippen LogP contribution in [0.2, 0.25) is 0 Å². The highest BCUT2D eigenvalue weighted by atomic mass is 16.5. The summed E-state index contributed by atoms with van der Waals surface area (Å²) >= 11 is 0. The van der Waals surface area contributed by atoms with Crippen LogP contribution in [0.3, 0.4) is 0 Å². The van der Waals surface area contributed by atoms with Crippen LogP contribution in [0.5, 0.6) is 0 Å². The Hall–Kier alpha value is -0.680. The fourth-order valence-electron chi connectivity index (χ4n) is 7.87. The smallest absolute Gasteiger partial charge is 0.0651 e. The van der Waals surface area contributed by atoms with Gasteiger partial charge in [-0.15, -0.1) is 0 Å². The summed E-state index contributed by atoms with van der Waals surface area (Å²) in [6.45, 7) is 9.34. The average Bonchev–Trinajstić information content (AvgIpc) is 3.39. The van der Waals surface area contributed by atoms with Gasteiger partial charge in [-0.1, -0.05) is 37.1 Å². The minimum Gasteiger partial charge on any atom is -0.393 e. The molecule has 1 spiro atoms. The molecule has 5 aliphatic rings. The molecule has 0 aromatic rings. The second-order valence-electron chi connectivity index (χ2n) is 11.8. The Balaban J connectivity index is 1.28. The first-order chi connectivity index (χ1) is 14.9. The molecule has 5 fully saturated rings. The van der Waals surface area contributed by atoms with Crippen molar-refractivity contribution in [3.05, 3.63) is 23.3 Å². The number of nitrogens with zero attached hydrogens (tertiary/aromatic N) is 1. The lowest BCUT2D eigenvalue weighted by molar-refractivity contribution is -0.0357. The molecule has 0 unspecified atom stereocenters. The molecule has 0 amide bonds. The summed E-state index contributed by atoms with van der Waals surface area (Å²) in [6.07, 6.45) is 15.1. The van der Waals surface area contributed by atoms with Gasteiger partial charge in [0.05, 0.1) is 25.4 Å². The van der Waals surface area contributed by atoms with Crippen LogP contribution in [0.25, 0.3) is 0 Å². The van der Waals surface area contributed by atoms with Crippen LogP contribution in [0.1, 0.15) is 78.1 Å². The van der Waals surface area contributed by atoms with E-state index in [-0.39, 0.29) is 12.2 Å². The minimum atomic E-state index is -0.378. The summed E-state index contributed by atoms with van der Waals surface area (Å²) in [5.41, 5.74) is 3.67. The molecule has 174 valence electrons. The average molecular weight is 430 g/mol. The third-order valence-corrected chi connectivity index (χ3v) is 9.68. The van der Waals surface area contributed by atoms with Crippen molar-refractivity contribution in [1.82, 2.24) is 4.90 Å². The van der Waals surface area contributed by atoms with Gasteiger partial charge in [0.15, 0.2) is 0 Å². The minimum absolute atomic E-state index is 0.378. The molecule has 5 rings (SSSR count). The van der Waals surface area contributed by atoms with Gasteiger partial charge in [0.1, 0.15) is 0 Å². The van der Waals surface area contributed by atoms with E-state index in [1.807, 2.05) is 0 Å². The highest BCUT2D eigenvalue weighted by Crippen LogP contribution is 2.59. The summed E-state index contributed by atoms with van der Waals surface area (Å²) in [7, 11) is 0. The molecule has 4 aliphatic carbocycles. The van der Waals surface area contributed by atoms with E-state index >= 15 is 0 Å². The summed E-state index contributed by atoms with van der Waals surface area (Å²) in [4.78, 5) is 2.78. The van der Waals surface area contributed by atoms with Gasteiger partial charge < -0.3 is 14.9 Å². The summed E-state index contributed by atoms with van der Waals surface area (Å²) < 4.78 is 5.81. The van der Waals surface area contributed by atoms with Crippen molar-refractivity contribution in [2.75, 3.05) is 26.3 Å². The second-order valence-corrected chi connectivity index (χ2v) is 11.8. The number of fused-ring (bicyclic) bond motifs is 1. The molecule has 1 saturated heterocycles. The first-order valence-electron chi connectivity index (χ1n) is 13.0. The standard InChI is InChI=1S/C27H43NO3/c1-19(17-28-12-13-31-18-27(28)10-11-27)24-7-8-25-21(4-3-9-26(24,25)2)6-5-20-14-22(29)16-23(30)15-20/h5-6,19,22-25,29-30H,3-4,7-18H2,1-2H3/b21-6+/t19-,22-,23-,24-,25+,26-/m1/s1. The topological polar surface area (TPSA) is 52.9 Å². The first kappa shape index (κ1) is 22.1. The number of morpholine rings is 1. The van der Waals surface area contributed by atoms with Gasteiger partial charge in [0.25, 0.3) is 0 Å². The molecule has 0 bridgehead atoms. The predicted molar refractivity (Wildman–Crippen MR) is 124 cm³/mol. The van der Waals surface area contributed by atoms with Crippen molar-refractivity contribution in [2.45, 2.75) is 95.8 Å². The van der Waals surface area contributed by atoms with Gasteiger partial charge in [0.2, 0.25) is 0 Å². The van der Waals surface area contributed by atoms with Crippen molar-refractivity contribution in [3.8, 4) is 0 Å². The lowest BCUT2D eigenvalue weighted by atomic mass is 9.61. The van der Waals surface area contributed by atoms with E-state index in [0.29, 0.717) is 23.3 Å². The largest absolute Gasteiger partial charge is 0.393 e. The second kappa shape index (κ2) is 8.59. The van der Waals surface area contributed by atoms with Crippen LogP contribution in [-0.2, 0) is 4.74 Å².